The van der Waals surface area contributed by atoms with E-state index in [1.54, 1.807) is 57.2 Å². The number of para-hydroxylation sites is 3. The number of esters is 1. The maximum absolute atomic E-state index is 14.0. The van der Waals surface area contributed by atoms with Crippen LogP contribution < -0.4 is 25.2 Å². The molecule has 266 valence electrons. The van der Waals surface area contributed by atoms with E-state index >= 15 is 0 Å². The van der Waals surface area contributed by atoms with Gasteiger partial charge in [-0.15, -0.1) is 0 Å². The summed E-state index contributed by atoms with van der Waals surface area (Å²) >= 11 is 0. The Hall–Kier alpha value is -6.31. The molecule has 4 amide bonds. The molecule has 0 aliphatic rings. The predicted octanol–water partition coefficient (Wildman–Crippen LogP) is 5.87. The van der Waals surface area contributed by atoms with Crippen LogP contribution >= 0.6 is 0 Å². The van der Waals surface area contributed by atoms with E-state index in [0.717, 1.165) is 23.1 Å². The average Bonchev–Trinajstić information content (AvgIpc) is 3.07. The van der Waals surface area contributed by atoms with Crippen molar-refractivity contribution in [3.05, 3.63) is 108 Å². The van der Waals surface area contributed by atoms with Crippen LogP contribution in [0.15, 0.2) is 91.0 Å². The summed E-state index contributed by atoms with van der Waals surface area (Å²) in [5, 5.41) is 14.0. The molecule has 0 heterocycles. The summed E-state index contributed by atoms with van der Waals surface area (Å²) in [6.07, 6.45) is 0. The van der Waals surface area contributed by atoms with Crippen molar-refractivity contribution in [3.8, 4) is 16.9 Å². The molecule has 0 aliphatic carbocycles. The van der Waals surface area contributed by atoms with Crippen molar-refractivity contribution < 1.29 is 47.3 Å². The third kappa shape index (κ3) is 10.6. The first-order chi connectivity index (χ1) is 24.1. The third-order valence-electron chi connectivity index (χ3n) is 7.10. The van der Waals surface area contributed by atoms with Gasteiger partial charge in [0.15, 0.2) is 6.61 Å². The molecule has 3 N–H and O–H groups in total. The highest BCUT2D eigenvalue weighted by atomic mass is 19.1. The van der Waals surface area contributed by atoms with Crippen LogP contribution in [0, 0.1) is 11.6 Å². The first-order valence-electron chi connectivity index (χ1n) is 15.6. The van der Waals surface area contributed by atoms with Crippen LogP contribution in [0.3, 0.4) is 0 Å². The summed E-state index contributed by atoms with van der Waals surface area (Å²) in [4.78, 5) is 66.0. The van der Waals surface area contributed by atoms with Crippen molar-refractivity contribution >= 4 is 46.8 Å². The number of anilines is 3. The Morgan fingerprint density at radius 2 is 1.45 bits per heavy atom. The summed E-state index contributed by atoms with van der Waals surface area (Å²) in [6.45, 7) is 3.26. The molecule has 51 heavy (non-hydrogen) atoms. The summed E-state index contributed by atoms with van der Waals surface area (Å²) in [5.41, 5.74) is 0.300. The van der Waals surface area contributed by atoms with Crippen LogP contribution in [-0.4, -0.2) is 67.2 Å². The molecule has 14 heteroatoms. The lowest BCUT2D eigenvalue weighted by atomic mass is 10.0. The molecule has 0 fully saturated rings. The number of amides is 4. The van der Waals surface area contributed by atoms with Gasteiger partial charge in [-0.1, -0.05) is 36.4 Å². The summed E-state index contributed by atoms with van der Waals surface area (Å²) in [5.74, 6) is -4.75. The lowest BCUT2D eigenvalue weighted by Gasteiger charge is -2.27. The van der Waals surface area contributed by atoms with Gasteiger partial charge < -0.3 is 30.1 Å². The Labute approximate surface area is 292 Å². The van der Waals surface area contributed by atoms with Gasteiger partial charge in [0, 0.05) is 24.4 Å². The Balaban J connectivity index is 1.52. The van der Waals surface area contributed by atoms with Crippen molar-refractivity contribution in [1.29, 1.82) is 0 Å². The lowest BCUT2D eigenvalue weighted by Crippen LogP contribution is -2.45. The van der Waals surface area contributed by atoms with Gasteiger partial charge in [0.05, 0.1) is 23.5 Å². The van der Waals surface area contributed by atoms with Crippen molar-refractivity contribution in [2.75, 3.05) is 41.9 Å². The molecule has 12 nitrogen and oxygen atoms in total. The van der Waals surface area contributed by atoms with E-state index < -0.39 is 66.7 Å². The largest absolute Gasteiger partial charge is 0.482 e. The highest BCUT2D eigenvalue weighted by Crippen LogP contribution is 2.32. The molecule has 0 atom stereocenters. The number of benzene rings is 4. The minimum absolute atomic E-state index is 0.0478. The van der Waals surface area contributed by atoms with E-state index in [1.165, 1.54) is 48.3 Å². The molecule has 0 unspecified atom stereocenters. The molecule has 4 rings (SSSR count). The maximum atomic E-state index is 14.0. The fourth-order valence-electron chi connectivity index (χ4n) is 4.86. The number of nitrogens with zero attached hydrogens (tertiary/aromatic N) is 2. The van der Waals surface area contributed by atoms with Gasteiger partial charge in [-0.3, -0.25) is 19.3 Å². The Morgan fingerprint density at radius 1 is 0.804 bits per heavy atom. The maximum Gasteiger partial charge on any atom is 0.335 e. The van der Waals surface area contributed by atoms with Crippen LogP contribution in [-0.2, 0) is 19.1 Å². The molecule has 0 spiro atoms. The lowest BCUT2D eigenvalue weighted by molar-refractivity contribution is -0.153. The van der Waals surface area contributed by atoms with E-state index in [4.69, 9.17) is 9.47 Å². The Bertz CT molecular complexity index is 1930. The fourth-order valence-corrected chi connectivity index (χ4v) is 4.86. The van der Waals surface area contributed by atoms with Crippen molar-refractivity contribution in [2.45, 2.75) is 26.4 Å². The number of hydrogen-bond acceptors (Lipinski definition) is 7. The number of rotatable bonds is 12. The molecule has 0 radical (unpaired) electrons. The van der Waals surface area contributed by atoms with Crippen molar-refractivity contribution in [1.82, 2.24) is 5.32 Å². The Morgan fingerprint density at radius 3 is 2.12 bits per heavy atom. The Kier molecular flexibility index (Phi) is 12.1. The van der Waals surface area contributed by atoms with Crippen LogP contribution in [0.4, 0.5) is 30.6 Å². The molecular formula is C37H36F2N4O8. The third-order valence-corrected chi connectivity index (χ3v) is 7.10. The van der Waals surface area contributed by atoms with Gasteiger partial charge in [-0.25, -0.2) is 18.4 Å². The van der Waals surface area contributed by atoms with Gasteiger partial charge in [0.2, 0.25) is 5.91 Å². The fraction of sp³-hybridized carbons (Fsp3) is 0.216. The van der Waals surface area contributed by atoms with E-state index in [2.05, 4.69) is 10.6 Å². The SMILES string of the molecule is CN(C(=O)COc1ccccc1N(CC(=O)OC(C)(C)C)C(=O)CNC(=O)Nc1cccc(C(=O)O)c1)c1ccccc1-c1cc(F)cc(F)c1. The van der Waals surface area contributed by atoms with Crippen LogP contribution in [0.1, 0.15) is 31.1 Å². The quantitative estimate of drug-likeness (QED) is 0.155. The zero-order valence-electron chi connectivity index (χ0n) is 28.2. The highest BCUT2D eigenvalue weighted by Gasteiger charge is 2.27. The van der Waals surface area contributed by atoms with Gasteiger partial charge in [-0.05, 0) is 74.9 Å². The van der Waals surface area contributed by atoms with E-state index in [9.17, 15) is 37.9 Å². The van der Waals surface area contributed by atoms with Crippen molar-refractivity contribution in [3.63, 3.8) is 0 Å². The second-order valence-electron chi connectivity index (χ2n) is 12.1. The van der Waals surface area contributed by atoms with Gasteiger partial charge >= 0.3 is 18.0 Å². The van der Waals surface area contributed by atoms with E-state index in [0.29, 0.717) is 11.3 Å². The smallest absolute Gasteiger partial charge is 0.335 e. The molecule has 0 saturated heterocycles. The number of carbonyl (C=O) groups excluding carboxylic acids is 4. The van der Waals surface area contributed by atoms with Gasteiger partial charge in [0.1, 0.15) is 29.5 Å². The van der Waals surface area contributed by atoms with E-state index in [-0.39, 0.29) is 28.3 Å². The molecule has 0 aliphatic heterocycles. The number of urea groups is 1. The van der Waals surface area contributed by atoms with Crippen LogP contribution in [0.2, 0.25) is 0 Å². The normalized spacial score (nSPS) is 10.9. The molecule has 4 aromatic rings. The molecule has 0 bridgehead atoms. The number of nitrogens with one attached hydrogen (secondary N) is 2. The zero-order valence-corrected chi connectivity index (χ0v) is 28.2. The van der Waals surface area contributed by atoms with Gasteiger partial charge in [0.25, 0.3) is 5.91 Å². The summed E-state index contributed by atoms with van der Waals surface area (Å²) < 4.78 is 39.3. The summed E-state index contributed by atoms with van der Waals surface area (Å²) in [7, 11) is 1.47. The monoisotopic (exact) mass is 702 g/mol. The minimum Gasteiger partial charge on any atom is -0.482 e. The number of carboxylic acids is 1. The highest BCUT2D eigenvalue weighted by molar-refractivity contribution is 6.03. The number of carbonyl (C=O) groups is 5. The summed E-state index contributed by atoms with van der Waals surface area (Å²) in [6, 6.07) is 20.4. The first-order valence-corrected chi connectivity index (χ1v) is 15.6. The molecule has 0 aromatic heterocycles. The minimum atomic E-state index is -1.19. The average molecular weight is 703 g/mol. The number of hydrogen-bond donors (Lipinski definition) is 3. The molecule has 4 aromatic carbocycles. The topological polar surface area (TPSA) is 155 Å². The number of aromatic carboxylic acids is 1. The number of carboxylic acid groups (broad SMARTS) is 1. The second kappa shape index (κ2) is 16.4. The standard InChI is InChI=1S/C37H36F2N4O8/c1-37(2,3)51-34(46)21-43(32(44)20-40-36(49)41-27-11-9-10-23(18-27)35(47)48)30-14-7-8-15-31(30)50-22-33(45)42(4)29-13-6-5-12-28(29)24-16-25(38)19-26(39)17-24/h5-19H,20-22H2,1-4H3,(H,47,48)(H2,40,41,49). The predicted molar refractivity (Wildman–Crippen MR) is 186 cm³/mol. The van der Waals surface area contributed by atoms with Crippen LogP contribution in [0.25, 0.3) is 11.1 Å². The van der Waals surface area contributed by atoms with Gasteiger partial charge in [-0.2, -0.15) is 0 Å². The first kappa shape index (κ1) is 37.5. The van der Waals surface area contributed by atoms with Crippen LogP contribution in [0.5, 0.6) is 5.75 Å². The number of ether oxygens (including phenoxy) is 2. The number of halogens is 2. The molecule has 0 saturated carbocycles. The second-order valence-corrected chi connectivity index (χ2v) is 12.1. The molecular weight excluding hydrogens is 666 g/mol. The number of likely N-dealkylation sites (N-methyl/N-ethyl adjacent to an activating group) is 1. The van der Waals surface area contributed by atoms with Crippen molar-refractivity contribution in [2.24, 2.45) is 0 Å². The van der Waals surface area contributed by atoms with E-state index in [1.807, 2.05) is 0 Å². The zero-order chi connectivity index (χ0) is 37.3.